The maximum atomic E-state index is 11.7. The third-order valence-electron chi connectivity index (χ3n) is 2.14. The second kappa shape index (κ2) is 6.51. The van der Waals surface area contributed by atoms with Gasteiger partial charge in [0.1, 0.15) is 6.10 Å². The highest BCUT2D eigenvalue weighted by atomic mass is 35.5. The van der Waals surface area contributed by atoms with Crippen LogP contribution in [0.15, 0.2) is 24.3 Å². The summed E-state index contributed by atoms with van der Waals surface area (Å²) in [7, 11) is 1.58. The second-order valence-corrected chi connectivity index (χ2v) is 3.84. The summed E-state index contributed by atoms with van der Waals surface area (Å²) >= 11 is 5.79. The zero-order chi connectivity index (χ0) is 12.0. The lowest BCUT2D eigenvalue weighted by Gasteiger charge is -2.15. The van der Waals surface area contributed by atoms with Gasteiger partial charge in [0.15, 0.2) is 0 Å². The molecule has 3 nitrogen and oxygen atoms in total. The zero-order valence-corrected chi connectivity index (χ0v) is 10.2. The predicted octanol–water partition coefficient (Wildman–Crippen LogP) is 2.92. The monoisotopic (exact) mass is 242 g/mol. The Morgan fingerprint density at radius 2 is 2.25 bits per heavy atom. The van der Waals surface area contributed by atoms with E-state index in [0.717, 1.165) is 6.42 Å². The first-order valence-electron chi connectivity index (χ1n) is 5.12. The molecule has 1 unspecified atom stereocenters. The second-order valence-electron chi connectivity index (χ2n) is 3.40. The van der Waals surface area contributed by atoms with Crippen LogP contribution in [-0.4, -0.2) is 25.8 Å². The minimum absolute atomic E-state index is 0.212. The number of methoxy groups -OCH3 is 1. The number of esters is 1. The number of hydrogen-bond acceptors (Lipinski definition) is 3. The van der Waals surface area contributed by atoms with Gasteiger partial charge in [-0.05, 0) is 24.6 Å². The Bertz CT molecular complexity index is 352. The lowest BCUT2D eigenvalue weighted by Crippen LogP contribution is -2.22. The normalized spacial score (nSPS) is 12.2. The highest BCUT2D eigenvalue weighted by Crippen LogP contribution is 2.13. The Morgan fingerprint density at radius 3 is 2.81 bits per heavy atom. The molecule has 0 heterocycles. The molecule has 0 spiro atoms. The first kappa shape index (κ1) is 13.0. The highest BCUT2D eigenvalue weighted by Gasteiger charge is 2.14. The smallest absolute Gasteiger partial charge is 0.338 e. The number of carbonyl (C=O) groups excluding carboxylic acids is 1. The van der Waals surface area contributed by atoms with E-state index in [0.29, 0.717) is 17.2 Å². The van der Waals surface area contributed by atoms with E-state index in [9.17, 15) is 4.79 Å². The molecule has 0 radical (unpaired) electrons. The summed E-state index contributed by atoms with van der Waals surface area (Å²) in [5.41, 5.74) is 0.460. The molecule has 0 saturated carbocycles. The van der Waals surface area contributed by atoms with Gasteiger partial charge >= 0.3 is 5.97 Å². The molecule has 0 fully saturated rings. The third kappa shape index (κ3) is 3.83. The van der Waals surface area contributed by atoms with Gasteiger partial charge in [0.05, 0.1) is 12.2 Å². The highest BCUT2D eigenvalue weighted by molar-refractivity contribution is 6.30. The average molecular weight is 243 g/mol. The van der Waals surface area contributed by atoms with E-state index in [1.807, 2.05) is 6.92 Å². The van der Waals surface area contributed by atoms with Crippen molar-refractivity contribution in [2.24, 2.45) is 0 Å². The summed E-state index contributed by atoms with van der Waals surface area (Å²) in [5, 5.41) is 0.522. The standard InChI is InChI=1S/C12H15ClO3/c1-3-11(8-15-2)16-12(14)9-5-4-6-10(13)7-9/h4-7,11H,3,8H2,1-2H3. The Balaban J connectivity index is 2.64. The van der Waals surface area contributed by atoms with E-state index in [-0.39, 0.29) is 12.1 Å². The Kier molecular flexibility index (Phi) is 5.29. The van der Waals surface area contributed by atoms with Gasteiger partial charge in [-0.15, -0.1) is 0 Å². The van der Waals surface area contributed by atoms with Crippen LogP contribution in [-0.2, 0) is 9.47 Å². The third-order valence-corrected chi connectivity index (χ3v) is 2.38. The predicted molar refractivity (Wildman–Crippen MR) is 62.8 cm³/mol. The molecular weight excluding hydrogens is 228 g/mol. The van der Waals surface area contributed by atoms with Crippen LogP contribution in [0, 0.1) is 0 Å². The van der Waals surface area contributed by atoms with Crippen LogP contribution in [0.5, 0.6) is 0 Å². The van der Waals surface area contributed by atoms with E-state index < -0.39 is 0 Å². The van der Waals surface area contributed by atoms with Crippen molar-refractivity contribution in [1.82, 2.24) is 0 Å². The van der Waals surface area contributed by atoms with Crippen LogP contribution < -0.4 is 0 Å². The molecule has 0 aromatic heterocycles. The molecule has 1 rings (SSSR count). The summed E-state index contributed by atoms with van der Waals surface area (Å²) in [5.74, 6) is -0.369. The number of halogens is 1. The van der Waals surface area contributed by atoms with E-state index in [4.69, 9.17) is 21.1 Å². The van der Waals surface area contributed by atoms with Crippen molar-refractivity contribution in [3.05, 3.63) is 34.9 Å². The van der Waals surface area contributed by atoms with Gasteiger partial charge in [-0.25, -0.2) is 4.79 Å². The molecule has 0 saturated heterocycles. The number of benzene rings is 1. The van der Waals surface area contributed by atoms with Crippen LogP contribution >= 0.6 is 11.6 Å². The van der Waals surface area contributed by atoms with Gasteiger partial charge in [-0.3, -0.25) is 0 Å². The zero-order valence-electron chi connectivity index (χ0n) is 9.40. The molecule has 1 aromatic rings. The van der Waals surface area contributed by atoms with Crippen molar-refractivity contribution in [2.75, 3.05) is 13.7 Å². The quantitative estimate of drug-likeness (QED) is 0.745. The Hall–Kier alpha value is -1.06. The Labute approximate surface area is 100 Å². The van der Waals surface area contributed by atoms with Gasteiger partial charge in [-0.1, -0.05) is 24.6 Å². The molecule has 0 bridgehead atoms. The van der Waals surface area contributed by atoms with Crippen LogP contribution in [0.3, 0.4) is 0 Å². The molecule has 1 atom stereocenters. The first-order chi connectivity index (χ1) is 7.67. The number of rotatable bonds is 5. The maximum absolute atomic E-state index is 11.7. The fraction of sp³-hybridized carbons (Fsp3) is 0.417. The van der Waals surface area contributed by atoms with Gasteiger partial charge in [-0.2, -0.15) is 0 Å². The minimum atomic E-state index is -0.369. The number of hydrogen-bond donors (Lipinski definition) is 0. The fourth-order valence-electron chi connectivity index (χ4n) is 1.26. The minimum Gasteiger partial charge on any atom is -0.456 e. The van der Waals surface area contributed by atoms with Gasteiger partial charge in [0.2, 0.25) is 0 Å². The molecule has 0 aliphatic carbocycles. The van der Waals surface area contributed by atoms with Gasteiger partial charge in [0.25, 0.3) is 0 Å². The molecule has 0 aliphatic heterocycles. The molecule has 0 N–H and O–H groups in total. The number of carbonyl (C=O) groups is 1. The number of ether oxygens (including phenoxy) is 2. The van der Waals surface area contributed by atoms with Crippen molar-refractivity contribution < 1.29 is 14.3 Å². The largest absolute Gasteiger partial charge is 0.456 e. The fourth-order valence-corrected chi connectivity index (χ4v) is 1.45. The van der Waals surface area contributed by atoms with Crippen molar-refractivity contribution in [1.29, 1.82) is 0 Å². The summed E-state index contributed by atoms with van der Waals surface area (Å²) in [6, 6.07) is 6.69. The van der Waals surface area contributed by atoms with E-state index >= 15 is 0 Å². The van der Waals surface area contributed by atoms with Gasteiger partial charge in [0, 0.05) is 12.1 Å². The van der Waals surface area contributed by atoms with Crippen molar-refractivity contribution in [2.45, 2.75) is 19.4 Å². The lowest BCUT2D eigenvalue weighted by molar-refractivity contribution is 0.00475. The van der Waals surface area contributed by atoms with Gasteiger partial charge < -0.3 is 9.47 Å². The van der Waals surface area contributed by atoms with E-state index in [2.05, 4.69) is 0 Å². The summed E-state index contributed by atoms with van der Waals surface area (Å²) in [4.78, 5) is 11.7. The van der Waals surface area contributed by atoms with Crippen LogP contribution in [0.1, 0.15) is 23.7 Å². The lowest BCUT2D eigenvalue weighted by atomic mass is 10.2. The van der Waals surface area contributed by atoms with E-state index in [1.165, 1.54) is 0 Å². The molecule has 16 heavy (non-hydrogen) atoms. The molecule has 0 aliphatic rings. The summed E-state index contributed by atoms with van der Waals surface area (Å²) in [6.07, 6.45) is 0.511. The van der Waals surface area contributed by atoms with Crippen molar-refractivity contribution >= 4 is 17.6 Å². The van der Waals surface area contributed by atoms with E-state index in [1.54, 1.807) is 31.4 Å². The molecule has 4 heteroatoms. The average Bonchev–Trinajstić information content (AvgIpc) is 2.28. The van der Waals surface area contributed by atoms with Crippen LogP contribution in [0.25, 0.3) is 0 Å². The topological polar surface area (TPSA) is 35.5 Å². The first-order valence-corrected chi connectivity index (χ1v) is 5.50. The molecular formula is C12H15ClO3. The summed E-state index contributed by atoms with van der Waals surface area (Å²) in [6.45, 7) is 2.34. The molecule has 0 amide bonds. The van der Waals surface area contributed by atoms with Crippen molar-refractivity contribution in [3.8, 4) is 0 Å². The summed E-state index contributed by atoms with van der Waals surface area (Å²) < 4.78 is 10.2. The van der Waals surface area contributed by atoms with Crippen LogP contribution in [0.4, 0.5) is 0 Å². The SMILES string of the molecule is CCC(COC)OC(=O)c1cccc(Cl)c1. The molecule has 88 valence electrons. The van der Waals surface area contributed by atoms with Crippen molar-refractivity contribution in [3.63, 3.8) is 0 Å². The Morgan fingerprint density at radius 1 is 1.50 bits per heavy atom. The maximum Gasteiger partial charge on any atom is 0.338 e. The van der Waals surface area contributed by atoms with Crippen LogP contribution in [0.2, 0.25) is 5.02 Å². The molecule has 1 aromatic carbocycles.